The molecule has 2 atom stereocenters. The van der Waals surface area contributed by atoms with Gasteiger partial charge in [0.05, 0.1) is 40.8 Å². The first-order chi connectivity index (χ1) is 13.8. The number of sulfone groups is 1. The van der Waals surface area contributed by atoms with Gasteiger partial charge >= 0.3 is 0 Å². The van der Waals surface area contributed by atoms with Gasteiger partial charge in [-0.3, -0.25) is 9.69 Å². The molecule has 6 nitrogen and oxygen atoms in total. The van der Waals surface area contributed by atoms with Gasteiger partial charge in [-0.15, -0.1) is 11.3 Å². The fraction of sp³-hybridized carbons (Fsp3) is 0.474. The third kappa shape index (κ3) is 4.77. The van der Waals surface area contributed by atoms with Crippen molar-refractivity contribution in [3.8, 4) is 11.3 Å². The van der Waals surface area contributed by atoms with E-state index in [1.165, 1.54) is 11.3 Å². The predicted molar refractivity (Wildman–Crippen MR) is 116 cm³/mol. The summed E-state index contributed by atoms with van der Waals surface area (Å²) >= 11 is 13.6. The summed E-state index contributed by atoms with van der Waals surface area (Å²) in [6.07, 6.45) is 2.11. The number of carbonyl (C=O) groups is 1. The Hall–Kier alpha value is -1.19. The number of halogens is 2. The van der Waals surface area contributed by atoms with Gasteiger partial charge in [0.25, 0.3) is 0 Å². The van der Waals surface area contributed by atoms with E-state index in [0.29, 0.717) is 40.4 Å². The molecule has 2 aliphatic heterocycles. The highest BCUT2D eigenvalue weighted by Gasteiger charge is 2.37. The van der Waals surface area contributed by atoms with Gasteiger partial charge < -0.3 is 4.74 Å². The van der Waals surface area contributed by atoms with Crippen molar-refractivity contribution in [3.05, 3.63) is 33.6 Å². The molecule has 3 heterocycles. The van der Waals surface area contributed by atoms with E-state index >= 15 is 0 Å². The lowest BCUT2D eigenvalue weighted by atomic mass is 10.1. The number of anilines is 1. The van der Waals surface area contributed by atoms with Crippen LogP contribution < -0.4 is 4.90 Å². The third-order valence-corrected chi connectivity index (χ3v) is 8.37. The summed E-state index contributed by atoms with van der Waals surface area (Å²) in [5, 5.41) is 3.38. The minimum atomic E-state index is -3.16. The van der Waals surface area contributed by atoms with E-state index in [0.717, 1.165) is 18.4 Å². The molecule has 0 radical (unpaired) electrons. The van der Waals surface area contributed by atoms with Gasteiger partial charge in [0.15, 0.2) is 15.0 Å². The summed E-state index contributed by atoms with van der Waals surface area (Å²) in [6.45, 7) is 1.05. The number of aromatic nitrogens is 1. The maximum atomic E-state index is 13.2. The van der Waals surface area contributed by atoms with Crippen molar-refractivity contribution >= 4 is 55.4 Å². The second-order valence-electron chi connectivity index (χ2n) is 7.32. The Balaban J connectivity index is 1.62. The highest BCUT2D eigenvalue weighted by molar-refractivity contribution is 7.91. The average Bonchev–Trinajstić information content (AvgIpc) is 3.40. The number of nitrogens with zero attached hydrogens (tertiary/aromatic N) is 2. The lowest BCUT2D eigenvalue weighted by molar-refractivity contribution is -0.122. The molecule has 0 bridgehead atoms. The van der Waals surface area contributed by atoms with E-state index in [1.807, 2.05) is 5.38 Å². The normalized spacial score (nSPS) is 23.4. The van der Waals surface area contributed by atoms with Gasteiger partial charge in [-0.25, -0.2) is 13.4 Å². The van der Waals surface area contributed by atoms with Gasteiger partial charge in [0, 0.05) is 22.6 Å². The van der Waals surface area contributed by atoms with Crippen LogP contribution >= 0.6 is 34.5 Å². The molecule has 0 aliphatic carbocycles. The van der Waals surface area contributed by atoms with Crippen LogP contribution in [0.5, 0.6) is 0 Å². The monoisotopic (exact) mass is 474 g/mol. The van der Waals surface area contributed by atoms with Crippen LogP contribution in [-0.4, -0.2) is 50.1 Å². The fourth-order valence-corrected chi connectivity index (χ4v) is 6.75. The Morgan fingerprint density at radius 2 is 2.14 bits per heavy atom. The number of hydrogen-bond acceptors (Lipinski definition) is 6. The zero-order valence-electron chi connectivity index (χ0n) is 15.5. The predicted octanol–water partition coefficient (Wildman–Crippen LogP) is 4.06. The molecule has 2 aromatic rings. The van der Waals surface area contributed by atoms with Crippen LogP contribution in [0.15, 0.2) is 23.6 Å². The molecule has 0 N–H and O–H groups in total. The largest absolute Gasteiger partial charge is 0.376 e. The van der Waals surface area contributed by atoms with Crippen molar-refractivity contribution in [2.24, 2.45) is 5.92 Å². The van der Waals surface area contributed by atoms with Gasteiger partial charge in [-0.1, -0.05) is 23.2 Å². The van der Waals surface area contributed by atoms with Crippen LogP contribution in [0.25, 0.3) is 11.3 Å². The average molecular weight is 475 g/mol. The van der Waals surface area contributed by atoms with Crippen molar-refractivity contribution in [2.75, 3.05) is 29.6 Å². The van der Waals surface area contributed by atoms with E-state index in [4.69, 9.17) is 27.9 Å². The SMILES string of the molecule is O=C(C1CCS(=O)(=O)C1)N(CC1CCCO1)c1nc(-c2ccc(Cl)cc2Cl)cs1. The number of benzene rings is 1. The molecule has 0 saturated carbocycles. The first kappa shape index (κ1) is 21.1. The van der Waals surface area contributed by atoms with E-state index in [1.54, 1.807) is 23.1 Å². The molecule has 2 fully saturated rings. The molecule has 156 valence electrons. The Morgan fingerprint density at radius 1 is 1.31 bits per heavy atom. The van der Waals surface area contributed by atoms with Crippen molar-refractivity contribution in [1.82, 2.24) is 4.98 Å². The van der Waals surface area contributed by atoms with Crippen LogP contribution in [0.4, 0.5) is 5.13 Å². The Morgan fingerprint density at radius 3 is 2.79 bits per heavy atom. The fourth-order valence-electron chi connectivity index (χ4n) is 3.67. The van der Waals surface area contributed by atoms with Crippen LogP contribution in [0.1, 0.15) is 19.3 Å². The summed E-state index contributed by atoms with van der Waals surface area (Å²) in [7, 11) is -3.16. The molecule has 29 heavy (non-hydrogen) atoms. The minimum Gasteiger partial charge on any atom is -0.376 e. The Bertz CT molecular complexity index is 1020. The molecule has 1 aromatic heterocycles. The molecule has 2 saturated heterocycles. The number of thiazole rings is 1. The number of carbonyl (C=O) groups excluding carboxylic acids is 1. The Kier molecular flexibility index (Phi) is 6.18. The first-order valence-corrected chi connectivity index (χ1v) is 12.8. The molecular weight excluding hydrogens is 455 g/mol. The summed E-state index contributed by atoms with van der Waals surface area (Å²) < 4.78 is 29.4. The van der Waals surface area contributed by atoms with Crippen LogP contribution in [-0.2, 0) is 19.4 Å². The zero-order valence-corrected chi connectivity index (χ0v) is 18.7. The number of rotatable bonds is 5. The quantitative estimate of drug-likeness (QED) is 0.652. The Labute approximate surface area is 183 Å². The molecule has 4 rings (SSSR count). The smallest absolute Gasteiger partial charge is 0.233 e. The van der Waals surface area contributed by atoms with Crippen molar-refractivity contribution in [2.45, 2.75) is 25.4 Å². The standard InChI is InChI=1S/C19H20Cl2N2O4S2/c20-13-3-4-15(16(21)8-13)17-10-28-19(22-17)23(9-14-2-1-6-27-14)18(24)12-5-7-29(25,26)11-12/h3-4,8,10,12,14H,1-2,5-7,9,11H2. The van der Waals surface area contributed by atoms with E-state index in [9.17, 15) is 13.2 Å². The summed E-state index contributed by atoms with van der Waals surface area (Å²) in [5.74, 6) is -0.784. The van der Waals surface area contributed by atoms with Crippen molar-refractivity contribution < 1.29 is 17.9 Å². The molecule has 1 amide bonds. The lowest BCUT2D eigenvalue weighted by Crippen LogP contribution is -2.41. The summed E-state index contributed by atoms with van der Waals surface area (Å²) in [5.41, 5.74) is 1.38. The topological polar surface area (TPSA) is 76.6 Å². The highest BCUT2D eigenvalue weighted by Crippen LogP contribution is 2.35. The maximum Gasteiger partial charge on any atom is 0.233 e. The van der Waals surface area contributed by atoms with E-state index in [2.05, 4.69) is 4.98 Å². The van der Waals surface area contributed by atoms with Crippen LogP contribution in [0.2, 0.25) is 10.0 Å². The van der Waals surface area contributed by atoms with E-state index < -0.39 is 15.8 Å². The van der Waals surface area contributed by atoms with Crippen molar-refractivity contribution in [1.29, 1.82) is 0 Å². The minimum absolute atomic E-state index is 0.0562. The van der Waals surface area contributed by atoms with Gasteiger partial charge in [0.1, 0.15) is 0 Å². The van der Waals surface area contributed by atoms with Crippen molar-refractivity contribution in [3.63, 3.8) is 0 Å². The van der Waals surface area contributed by atoms with Crippen LogP contribution in [0.3, 0.4) is 0 Å². The lowest BCUT2D eigenvalue weighted by Gasteiger charge is -2.25. The molecule has 1 aromatic carbocycles. The molecular formula is C19H20Cl2N2O4S2. The number of hydrogen-bond donors (Lipinski definition) is 0. The molecule has 2 unspecified atom stereocenters. The van der Waals surface area contributed by atoms with Gasteiger partial charge in [-0.05, 0) is 37.5 Å². The second-order valence-corrected chi connectivity index (χ2v) is 11.2. The highest BCUT2D eigenvalue weighted by atomic mass is 35.5. The zero-order chi connectivity index (χ0) is 20.6. The summed E-state index contributed by atoms with van der Waals surface area (Å²) in [4.78, 5) is 19.4. The molecule has 2 aliphatic rings. The molecule has 10 heteroatoms. The number of amides is 1. The van der Waals surface area contributed by atoms with Gasteiger partial charge in [0.2, 0.25) is 5.91 Å². The summed E-state index contributed by atoms with van der Waals surface area (Å²) in [6, 6.07) is 5.18. The first-order valence-electron chi connectivity index (χ1n) is 9.37. The van der Waals surface area contributed by atoms with E-state index in [-0.39, 0.29) is 23.5 Å². The van der Waals surface area contributed by atoms with Crippen LogP contribution in [0, 0.1) is 5.92 Å². The number of ether oxygens (including phenoxy) is 1. The molecule has 0 spiro atoms. The maximum absolute atomic E-state index is 13.2. The van der Waals surface area contributed by atoms with Gasteiger partial charge in [-0.2, -0.15) is 0 Å². The second kappa shape index (κ2) is 8.51. The third-order valence-electron chi connectivity index (χ3n) is 5.19.